The maximum Gasteiger partial charge on any atom is 0.244 e. The summed E-state index contributed by atoms with van der Waals surface area (Å²) < 4.78 is 5.26. The molecule has 0 radical (unpaired) electrons. The molecule has 0 rings (SSSR count). The number of hydrogen-bond donors (Lipinski definition) is 1. The molecule has 0 fully saturated rings. The molecule has 0 aliphatic heterocycles. The molecule has 0 aromatic rings. The van der Waals surface area contributed by atoms with Crippen LogP contribution in [0.2, 0.25) is 0 Å². The van der Waals surface area contributed by atoms with Crippen molar-refractivity contribution in [2.75, 3.05) is 12.4 Å². The van der Waals surface area contributed by atoms with Gasteiger partial charge in [0.05, 0.1) is 6.61 Å². The van der Waals surface area contributed by atoms with Gasteiger partial charge in [0, 0.05) is 0 Å². The summed E-state index contributed by atoms with van der Waals surface area (Å²) in [5, 5.41) is 0. The van der Waals surface area contributed by atoms with Crippen LogP contribution < -0.4 is 0 Å². The highest BCUT2D eigenvalue weighted by atomic mass is 32.9. The van der Waals surface area contributed by atoms with E-state index in [0.29, 0.717) is 6.61 Å². The summed E-state index contributed by atoms with van der Waals surface area (Å²) in [6.45, 7) is 4.76. The molecule has 2 nitrogen and oxygen atoms in total. The van der Waals surface area contributed by atoms with Gasteiger partial charge in [0.25, 0.3) is 0 Å². The average molecular weight is 242 g/mol. The predicted molar refractivity (Wildman–Crippen MR) is 64.7 cm³/mol. The average Bonchev–Trinajstić information content (AvgIpc) is 2.04. The lowest BCUT2D eigenvalue weighted by molar-refractivity contribution is 0.308. The molecule has 0 amide bonds. The summed E-state index contributed by atoms with van der Waals surface area (Å²) in [6.07, 6.45) is 4.63. The molecule has 0 aliphatic rings. The van der Waals surface area contributed by atoms with Crippen LogP contribution in [0.5, 0.6) is 0 Å². The van der Waals surface area contributed by atoms with Crippen LogP contribution in [-0.2, 0) is 16.3 Å². The minimum absolute atomic E-state index is 0.612. The summed E-state index contributed by atoms with van der Waals surface area (Å²) in [5.41, 5.74) is -2.49. The minimum atomic E-state index is -2.49. The molecule has 0 spiro atoms. The molecule has 0 saturated carbocycles. The Balaban J connectivity index is 3.35. The van der Waals surface area contributed by atoms with Crippen LogP contribution in [0.15, 0.2) is 0 Å². The Hall–Kier alpha value is 0.920. The summed E-state index contributed by atoms with van der Waals surface area (Å²) in [5.74, 6) is 0.822. The van der Waals surface area contributed by atoms with E-state index in [-0.39, 0.29) is 0 Å². The van der Waals surface area contributed by atoms with Gasteiger partial charge in [0.2, 0.25) is 5.69 Å². The lowest BCUT2D eigenvalue weighted by Gasteiger charge is -2.13. The van der Waals surface area contributed by atoms with Gasteiger partial charge < -0.3 is 9.42 Å². The summed E-state index contributed by atoms with van der Waals surface area (Å²) in [6, 6.07) is 0. The molecule has 13 heavy (non-hydrogen) atoms. The van der Waals surface area contributed by atoms with Crippen molar-refractivity contribution in [3.05, 3.63) is 0 Å². The van der Waals surface area contributed by atoms with Crippen LogP contribution >= 0.6 is 17.1 Å². The Morgan fingerprint density at radius 2 is 2.00 bits per heavy atom. The second kappa shape index (κ2) is 8.25. The van der Waals surface area contributed by atoms with Crippen LogP contribution in [0, 0.1) is 0 Å². The summed E-state index contributed by atoms with van der Waals surface area (Å²) >= 11 is 6.28. The largest absolute Gasteiger partial charge is 0.337 e. The molecule has 0 aliphatic carbocycles. The monoisotopic (exact) mass is 242 g/mol. The third-order valence-electron chi connectivity index (χ3n) is 1.54. The predicted octanol–water partition coefficient (Wildman–Crippen LogP) is 3.55. The smallest absolute Gasteiger partial charge is 0.244 e. The van der Waals surface area contributed by atoms with E-state index in [9.17, 15) is 4.89 Å². The number of hydrogen-bond acceptors (Lipinski definition) is 3. The molecule has 1 unspecified atom stereocenters. The minimum Gasteiger partial charge on any atom is -0.337 e. The third-order valence-corrected chi connectivity index (χ3v) is 5.97. The van der Waals surface area contributed by atoms with Crippen LogP contribution in [0.25, 0.3) is 0 Å². The van der Waals surface area contributed by atoms with E-state index >= 15 is 0 Å². The summed E-state index contributed by atoms with van der Waals surface area (Å²) in [4.78, 5) is 9.54. The van der Waals surface area contributed by atoms with Crippen molar-refractivity contribution in [1.82, 2.24) is 0 Å². The molecular formula is C8H19O2PS2. The van der Waals surface area contributed by atoms with E-state index in [1.165, 1.54) is 30.6 Å². The molecular weight excluding hydrogens is 223 g/mol. The van der Waals surface area contributed by atoms with Gasteiger partial charge in [-0.05, 0) is 24.0 Å². The van der Waals surface area contributed by atoms with Crippen molar-refractivity contribution in [2.24, 2.45) is 0 Å². The lowest BCUT2D eigenvalue weighted by Crippen LogP contribution is -1.90. The first-order valence-corrected chi connectivity index (χ1v) is 9.00. The number of unbranched alkanes of at least 4 members (excludes halogenated alkanes) is 3. The fraction of sp³-hybridized carbons (Fsp3) is 1.00. The van der Waals surface area contributed by atoms with Gasteiger partial charge in [-0.25, -0.2) is 0 Å². The van der Waals surface area contributed by atoms with Gasteiger partial charge >= 0.3 is 0 Å². The molecule has 80 valence electrons. The van der Waals surface area contributed by atoms with E-state index in [4.69, 9.17) is 16.3 Å². The number of rotatable bonds is 8. The SMILES string of the molecule is CCCCCCOP(O)(=S)SCC. The fourth-order valence-electron chi connectivity index (χ4n) is 0.909. The van der Waals surface area contributed by atoms with E-state index in [1.807, 2.05) is 6.92 Å². The van der Waals surface area contributed by atoms with Crippen molar-refractivity contribution >= 4 is 28.9 Å². The molecule has 1 atom stereocenters. The zero-order valence-corrected chi connectivity index (χ0v) is 10.9. The molecule has 0 aromatic carbocycles. The van der Waals surface area contributed by atoms with Crippen molar-refractivity contribution in [1.29, 1.82) is 0 Å². The topological polar surface area (TPSA) is 29.5 Å². The van der Waals surface area contributed by atoms with E-state index in [1.54, 1.807) is 0 Å². The molecule has 0 heterocycles. The lowest BCUT2D eigenvalue weighted by atomic mass is 10.2. The van der Waals surface area contributed by atoms with Gasteiger partial charge in [-0.15, -0.1) is 0 Å². The molecule has 0 saturated heterocycles. The standard InChI is InChI=1S/C8H19O2PS2/c1-3-5-6-7-8-10-11(9,12)13-4-2/h3-8H2,1-2H3,(H,9,12). The van der Waals surface area contributed by atoms with Crippen molar-refractivity contribution in [2.45, 2.75) is 39.5 Å². The fourth-order valence-corrected chi connectivity index (χ4v) is 4.27. The highest BCUT2D eigenvalue weighted by molar-refractivity contribution is 8.67. The maximum atomic E-state index is 9.54. The van der Waals surface area contributed by atoms with E-state index < -0.39 is 5.69 Å². The zero-order chi connectivity index (χ0) is 10.2. The molecule has 0 aromatic heterocycles. The van der Waals surface area contributed by atoms with Gasteiger partial charge in [0.1, 0.15) is 0 Å². The van der Waals surface area contributed by atoms with Gasteiger partial charge in [-0.1, -0.05) is 44.5 Å². The Kier molecular flexibility index (Phi) is 8.83. The maximum absolute atomic E-state index is 9.54. The van der Waals surface area contributed by atoms with E-state index in [2.05, 4.69) is 6.92 Å². The Bertz CT molecular complexity index is 164. The third kappa shape index (κ3) is 9.23. The summed E-state index contributed by atoms with van der Waals surface area (Å²) in [7, 11) is 0. The van der Waals surface area contributed by atoms with Crippen molar-refractivity contribution in [3.63, 3.8) is 0 Å². The highest BCUT2D eigenvalue weighted by Crippen LogP contribution is 2.55. The van der Waals surface area contributed by atoms with E-state index in [0.717, 1.165) is 12.2 Å². The second-order valence-corrected chi connectivity index (χ2v) is 9.25. The Morgan fingerprint density at radius 3 is 2.54 bits per heavy atom. The van der Waals surface area contributed by atoms with Crippen LogP contribution in [0.3, 0.4) is 0 Å². The molecule has 1 N–H and O–H groups in total. The first-order chi connectivity index (χ1) is 6.12. The van der Waals surface area contributed by atoms with Crippen molar-refractivity contribution < 1.29 is 9.42 Å². The van der Waals surface area contributed by atoms with Crippen LogP contribution in [-0.4, -0.2) is 17.3 Å². The van der Waals surface area contributed by atoms with Gasteiger partial charge in [0.15, 0.2) is 0 Å². The molecule has 0 bridgehead atoms. The first kappa shape index (κ1) is 13.9. The highest BCUT2D eigenvalue weighted by Gasteiger charge is 2.11. The van der Waals surface area contributed by atoms with Crippen LogP contribution in [0.4, 0.5) is 0 Å². The first-order valence-electron chi connectivity index (χ1n) is 4.74. The normalized spacial score (nSPS) is 15.6. The second-order valence-electron chi connectivity index (χ2n) is 2.78. The molecule has 5 heteroatoms. The van der Waals surface area contributed by atoms with Crippen LogP contribution in [0.1, 0.15) is 39.5 Å². The Morgan fingerprint density at radius 1 is 1.31 bits per heavy atom. The van der Waals surface area contributed by atoms with Gasteiger partial charge in [-0.3, -0.25) is 0 Å². The zero-order valence-electron chi connectivity index (χ0n) is 8.36. The van der Waals surface area contributed by atoms with Gasteiger partial charge in [-0.2, -0.15) is 0 Å². The van der Waals surface area contributed by atoms with Crippen molar-refractivity contribution in [3.8, 4) is 0 Å². The Labute approximate surface area is 90.4 Å². The quantitative estimate of drug-likeness (QED) is 0.520.